The highest BCUT2D eigenvalue weighted by Gasteiger charge is 2.26. The number of carbonyl (C=O) groups is 1. The molecular formula is C14H29N3O2. The Labute approximate surface area is 117 Å². The number of esters is 1. The molecule has 0 bridgehead atoms. The first kappa shape index (κ1) is 16.4. The van der Waals surface area contributed by atoms with Gasteiger partial charge in [0, 0.05) is 19.1 Å². The maximum atomic E-state index is 11.8. The third-order valence-electron chi connectivity index (χ3n) is 3.73. The van der Waals surface area contributed by atoms with Crippen molar-refractivity contribution in [2.24, 2.45) is 0 Å². The number of carbonyl (C=O) groups excluding carboxylic acids is 1. The van der Waals surface area contributed by atoms with E-state index in [4.69, 9.17) is 4.74 Å². The second-order valence-corrected chi connectivity index (χ2v) is 5.49. The Morgan fingerprint density at radius 1 is 1.47 bits per heavy atom. The summed E-state index contributed by atoms with van der Waals surface area (Å²) in [6, 6.07) is 0.263. The van der Waals surface area contributed by atoms with Gasteiger partial charge in [-0.3, -0.25) is 9.69 Å². The van der Waals surface area contributed by atoms with Crippen molar-refractivity contribution in [1.29, 1.82) is 0 Å². The fraction of sp³-hybridized carbons (Fsp3) is 0.929. The molecule has 5 heteroatoms. The average molecular weight is 271 g/mol. The van der Waals surface area contributed by atoms with Crippen LogP contribution >= 0.6 is 0 Å². The van der Waals surface area contributed by atoms with Crippen molar-refractivity contribution >= 4 is 5.97 Å². The molecule has 0 radical (unpaired) electrons. The highest BCUT2D eigenvalue weighted by molar-refractivity contribution is 5.75. The van der Waals surface area contributed by atoms with Gasteiger partial charge in [0.1, 0.15) is 6.04 Å². The molecule has 1 fully saturated rings. The zero-order valence-corrected chi connectivity index (χ0v) is 12.8. The maximum absolute atomic E-state index is 11.8. The lowest BCUT2D eigenvalue weighted by Crippen LogP contribution is -2.50. The zero-order valence-electron chi connectivity index (χ0n) is 12.8. The van der Waals surface area contributed by atoms with Crippen molar-refractivity contribution in [1.82, 2.24) is 15.1 Å². The van der Waals surface area contributed by atoms with E-state index in [0.29, 0.717) is 6.04 Å². The van der Waals surface area contributed by atoms with E-state index in [1.165, 1.54) is 7.11 Å². The summed E-state index contributed by atoms with van der Waals surface area (Å²) in [6.07, 6.45) is 2.17. The number of hydrogen-bond donors (Lipinski definition) is 1. The first-order chi connectivity index (χ1) is 9.08. The molecule has 0 aromatic carbocycles. The minimum absolute atomic E-state index is 0.154. The van der Waals surface area contributed by atoms with Crippen molar-refractivity contribution < 1.29 is 9.53 Å². The molecule has 2 atom stereocenters. The van der Waals surface area contributed by atoms with Crippen LogP contribution in [0.1, 0.15) is 26.7 Å². The van der Waals surface area contributed by atoms with Gasteiger partial charge in [0.05, 0.1) is 7.11 Å². The van der Waals surface area contributed by atoms with Gasteiger partial charge in [0.2, 0.25) is 0 Å². The molecule has 0 aromatic rings. The SMILES string of the molecule is CCCNC(CN1CCCN(C)CC1C)C(=O)OC. The molecule has 1 rings (SSSR count). The van der Waals surface area contributed by atoms with Crippen LogP contribution < -0.4 is 5.32 Å². The van der Waals surface area contributed by atoms with E-state index in [9.17, 15) is 4.79 Å². The summed E-state index contributed by atoms with van der Waals surface area (Å²) < 4.78 is 4.90. The molecule has 1 saturated heterocycles. The normalized spacial score (nSPS) is 23.9. The van der Waals surface area contributed by atoms with Gasteiger partial charge < -0.3 is 15.0 Å². The minimum atomic E-state index is -0.212. The van der Waals surface area contributed by atoms with Gasteiger partial charge in [0.25, 0.3) is 0 Å². The Balaban J connectivity index is 2.57. The van der Waals surface area contributed by atoms with Crippen LogP contribution in [0.15, 0.2) is 0 Å². The van der Waals surface area contributed by atoms with Crippen LogP contribution in [0.3, 0.4) is 0 Å². The third-order valence-corrected chi connectivity index (χ3v) is 3.73. The Bertz CT molecular complexity index is 273. The molecule has 19 heavy (non-hydrogen) atoms. The van der Waals surface area contributed by atoms with E-state index < -0.39 is 0 Å². The van der Waals surface area contributed by atoms with E-state index in [1.54, 1.807) is 0 Å². The topological polar surface area (TPSA) is 44.8 Å². The predicted octanol–water partition coefficient (Wildman–Crippen LogP) is 0.554. The van der Waals surface area contributed by atoms with Gasteiger partial charge in [-0.05, 0) is 46.4 Å². The van der Waals surface area contributed by atoms with Gasteiger partial charge in [0.15, 0.2) is 0 Å². The largest absolute Gasteiger partial charge is 0.468 e. The molecule has 1 aliphatic heterocycles. The second-order valence-electron chi connectivity index (χ2n) is 5.49. The molecule has 0 aliphatic carbocycles. The van der Waals surface area contributed by atoms with Crippen molar-refractivity contribution in [3.05, 3.63) is 0 Å². The molecule has 1 aliphatic rings. The highest BCUT2D eigenvalue weighted by atomic mass is 16.5. The third kappa shape index (κ3) is 5.47. The summed E-state index contributed by atoms with van der Waals surface area (Å²) in [6.45, 7) is 9.16. The highest BCUT2D eigenvalue weighted by Crippen LogP contribution is 2.09. The van der Waals surface area contributed by atoms with E-state index in [0.717, 1.165) is 45.6 Å². The van der Waals surface area contributed by atoms with Crippen molar-refractivity contribution in [3.63, 3.8) is 0 Å². The van der Waals surface area contributed by atoms with Gasteiger partial charge in [-0.15, -0.1) is 0 Å². The number of nitrogens with one attached hydrogen (secondary N) is 1. The number of methoxy groups -OCH3 is 1. The minimum Gasteiger partial charge on any atom is -0.468 e. The molecule has 0 amide bonds. The van der Waals surface area contributed by atoms with Gasteiger partial charge in [-0.1, -0.05) is 6.92 Å². The van der Waals surface area contributed by atoms with Gasteiger partial charge >= 0.3 is 5.97 Å². The Kier molecular flexibility index (Phi) is 7.34. The number of nitrogens with zero attached hydrogens (tertiary/aromatic N) is 2. The van der Waals surface area contributed by atoms with Crippen LogP contribution in [0.25, 0.3) is 0 Å². The summed E-state index contributed by atoms with van der Waals surface area (Å²) in [4.78, 5) is 16.6. The summed E-state index contributed by atoms with van der Waals surface area (Å²) in [7, 11) is 3.62. The molecule has 0 aromatic heterocycles. The molecule has 5 nitrogen and oxygen atoms in total. The summed E-state index contributed by atoms with van der Waals surface area (Å²) >= 11 is 0. The fourth-order valence-electron chi connectivity index (χ4n) is 2.61. The van der Waals surface area contributed by atoms with Crippen molar-refractivity contribution in [2.45, 2.75) is 38.8 Å². The van der Waals surface area contributed by atoms with Gasteiger partial charge in [-0.25, -0.2) is 0 Å². The van der Waals surface area contributed by atoms with Crippen LogP contribution in [0.2, 0.25) is 0 Å². The second kappa shape index (κ2) is 8.51. The Morgan fingerprint density at radius 2 is 2.21 bits per heavy atom. The molecule has 2 unspecified atom stereocenters. The summed E-state index contributed by atoms with van der Waals surface area (Å²) in [5, 5.41) is 3.29. The van der Waals surface area contributed by atoms with Crippen molar-refractivity contribution in [3.8, 4) is 0 Å². The molecule has 1 heterocycles. The maximum Gasteiger partial charge on any atom is 0.324 e. The summed E-state index contributed by atoms with van der Waals surface area (Å²) in [5.74, 6) is -0.154. The molecule has 0 spiro atoms. The lowest BCUT2D eigenvalue weighted by atomic mass is 10.2. The Morgan fingerprint density at radius 3 is 2.84 bits per heavy atom. The summed E-state index contributed by atoms with van der Waals surface area (Å²) in [5.41, 5.74) is 0. The van der Waals surface area contributed by atoms with Crippen LogP contribution in [-0.2, 0) is 9.53 Å². The first-order valence-corrected chi connectivity index (χ1v) is 7.32. The average Bonchev–Trinajstić information content (AvgIpc) is 2.54. The van der Waals surface area contributed by atoms with Crippen LogP contribution in [0.5, 0.6) is 0 Å². The van der Waals surface area contributed by atoms with E-state index in [1.807, 2.05) is 0 Å². The number of hydrogen-bond acceptors (Lipinski definition) is 5. The predicted molar refractivity (Wildman–Crippen MR) is 77.2 cm³/mol. The standard InChI is InChI=1S/C14H29N3O2/c1-5-7-15-13(14(18)19-4)11-17-9-6-8-16(3)10-12(17)2/h12-13,15H,5-11H2,1-4H3. The fourth-order valence-corrected chi connectivity index (χ4v) is 2.61. The van der Waals surface area contributed by atoms with E-state index in [-0.39, 0.29) is 12.0 Å². The zero-order chi connectivity index (χ0) is 14.3. The van der Waals surface area contributed by atoms with E-state index >= 15 is 0 Å². The number of likely N-dealkylation sites (N-methyl/N-ethyl adjacent to an activating group) is 1. The lowest BCUT2D eigenvalue weighted by Gasteiger charge is -2.30. The molecule has 0 saturated carbocycles. The van der Waals surface area contributed by atoms with Gasteiger partial charge in [-0.2, -0.15) is 0 Å². The first-order valence-electron chi connectivity index (χ1n) is 7.32. The lowest BCUT2D eigenvalue weighted by molar-refractivity contribution is -0.143. The smallest absolute Gasteiger partial charge is 0.324 e. The van der Waals surface area contributed by atoms with Crippen molar-refractivity contribution in [2.75, 3.05) is 46.9 Å². The van der Waals surface area contributed by atoms with Crippen LogP contribution in [0, 0.1) is 0 Å². The number of rotatable bonds is 6. The molecule has 112 valence electrons. The van der Waals surface area contributed by atoms with Crippen LogP contribution in [-0.4, -0.2) is 74.7 Å². The monoisotopic (exact) mass is 271 g/mol. The Hall–Kier alpha value is -0.650. The van der Waals surface area contributed by atoms with E-state index in [2.05, 4.69) is 36.0 Å². The quantitative estimate of drug-likeness (QED) is 0.715. The van der Waals surface area contributed by atoms with Crippen LogP contribution in [0.4, 0.5) is 0 Å². The molecule has 1 N–H and O–H groups in total. The number of ether oxygens (including phenoxy) is 1. The molecular weight excluding hydrogens is 242 g/mol.